The highest BCUT2D eigenvalue weighted by molar-refractivity contribution is 6.04. The van der Waals surface area contributed by atoms with Crippen molar-refractivity contribution in [1.29, 1.82) is 0 Å². The molecule has 17 heavy (non-hydrogen) atoms. The summed E-state index contributed by atoms with van der Waals surface area (Å²) >= 11 is 0. The molecule has 90 valence electrons. The van der Waals surface area contributed by atoms with Crippen LogP contribution in [0.1, 0.15) is 24.0 Å². The fraction of sp³-hybridized carbons (Fsp3) is 0.273. The van der Waals surface area contributed by atoms with Crippen molar-refractivity contribution in [2.75, 3.05) is 0 Å². The Bertz CT molecular complexity index is 480. The molecule has 3 nitrogen and oxygen atoms in total. The van der Waals surface area contributed by atoms with Crippen LogP contribution in [0.4, 0.5) is 13.2 Å². The van der Waals surface area contributed by atoms with Crippen LogP contribution < -0.4 is 5.43 Å². The van der Waals surface area contributed by atoms with Crippen LogP contribution >= 0.6 is 0 Å². The van der Waals surface area contributed by atoms with Gasteiger partial charge in [-0.2, -0.15) is 18.3 Å². The number of alkyl halides is 3. The fourth-order valence-corrected chi connectivity index (χ4v) is 1.56. The number of carbonyl (C=O) groups is 1. The summed E-state index contributed by atoms with van der Waals surface area (Å²) in [5.74, 6) is -0.222. The van der Waals surface area contributed by atoms with Crippen LogP contribution in [-0.4, -0.2) is 11.6 Å². The maximum absolute atomic E-state index is 12.5. The van der Waals surface area contributed by atoms with Gasteiger partial charge in [-0.05, 0) is 17.7 Å². The number of halogens is 3. The molecule has 0 unspecified atom stereocenters. The lowest BCUT2D eigenvalue weighted by molar-refractivity contribution is -0.137. The summed E-state index contributed by atoms with van der Waals surface area (Å²) in [7, 11) is 0. The van der Waals surface area contributed by atoms with Crippen molar-refractivity contribution in [2.24, 2.45) is 5.10 Å². The molecular formula is C11H9F3N2O. The maximum Gasteiger partial charge on any atom is 0.416 e. The summed E-state index contributed by atoms with van der Waals surface area (Å²) in [6.07, 6.45) is -3.77. The number of hydrogen-bond donors (Lipinski definition) is 1. The van der Waals surface area contributed by atoms with E-state index in [-0.39, 0.29) is 12.3 Å². The lowest BCUT2D eigenvalue weighted by Crippen LogP contribution is -2.26. The molecule has 1 N–H and O–H groups in total. The van der Waals surface area contributed by atoms with Gasteiger partial charge in [0.1, 0.15) is 0 Å². The number of rotatable bonds is 1. The van der Waals surface area contributed by atoms with E-state index < -0.39 is 11.7 Å². The van der Waals surface area contributed by atoms with Gasteiger partial charge in [-0.25, -0.2) is 5.43 Å². The van der Waals surface area contributed by atoms with Gasteiger partial charge < -0.3 is 0 Å². The third-order valence-electron chi connectivity index (χ3n) is 2.43. The van der Waals surface area contributed by atoms with Gasteiger partial charge in [-0.3, -0.25) is 4.79 Å². The molecule has 0 saturated carbocycles. The van der Waals surface area contributed by atoms with E-state index in [9.17, 15) is 18.0 Å². The summed E-state index contributed by atoms with van der Waals surface area (Å²) in [6.45, 7) is 0. The minimum Gasteiger partial charge on any atom is -0.273 e. The Labute approximate surface area is 95.3 Å². The molecule has 1 amide bonds. The predicted octanol–water partition coefficient (Wildman–Crippen LogP) is 2.32. The molecule has 1 aromatic rings. The third-order valence-corrected chi connectivity index (χ3v) is 2.43. The SMILES string of the molecule is O=C1CCC(c2cccc(C(F)(F)F)c2)=NN1. The Morgan fingerprint density at radius 3 is 2.59 bits per heavy atom. The first-order chi connectivity index (χ1) is 7.97. The molecule has 0 spiro atoms. The van der Waals surface area contributed by atoms with Gasteiger partial charge in [0.2, 0.25) is 5.91 Å². The Hall–Kier alpha value is -1.85. The number of hydrogen-bond acceptors (Lipinski definition) is 2. The summed E-state index contributed by atoms with van der Waals surface area (Å²) in [5, 5.41) is 3.75. The van der Waals surface area contributed by atoms with Crippen molar-refractivity contribution < 1.29 is 18.0 Å². The van der Waals surface area contributed by atoms with Gasteiger partial charge in [0, 0.05) is 12.8 Å². The highest BCUT2D eigenvalue weighted by atomic mass is 19.4. The maximum atomic E-state index is 12.5. The quantitative estimate of drug-likeness (QED) is 0.806. The molecule has 1 heterocycles. The van der Waals surface area contributed by atoms with E-state index in [1.54, 1.807) is 6.07 Å². The van der Waals surface area contributed by atoms with Gasteiger partial charge in [0.15, 0.2) is 0 Å². The van der Waals surface area contributed by atoms with Crippen LogP contribution in [0, 0.1) is 0 Å². The number of carbonyl (C=O) groups excluding carboxylic acids is 1. The van der Waals surface area contributed by atoms with Crippen molar-refractivity contribution in [3.05, 3.63) is 35.4 Å². The van der Waals surface area contributed by atoms with E-state index >= 15 is 0 Å². The summed E-state index contributed by atoms with van der Waals surface area (Å²) in [5.41, 5.74) is 2.40. The molecule has 0 aliphatic carbocycles. The highest BCUT2D eigenvalue weighted by Crippen LogP contribution is 2.30. The van der Waals surface area contributed by atoms with E-state index in [1.165, 1.54) is 6.07 Å². The zero-order chi connectivity index (χ0) is 12.5. The molecule has 1 aliphatic rings. The van der Waals surface area contributed by atoms with Crippen LogP contribution in [0.5, 0.6) is 0 Å². The van der Waals surface area contributed by atoms with Gasteiger partial charge >= 0.3 is 6.18 Å². The number of benzene rings is 1. The van der Waals surface area contributed by atoms with Gasteiger partial charge in [0.05, 0.1) is 11.3 Å². The number of amides is 1. The molecule has 1 aliphatic heterocycles. The van der Waals surface area contributed by atoms with E-state index in [2.05, 4.69) is 10.5 Å². The summed E-state index contributed by atoms with van der Waals surface area (Å²) in [4.78, 5) is 10.9. The smallest absolute Gasteiger partial charge is 0.273 e. The summed E-state index contributed by atoms with van der Waals surface area (Å²) in [6, 6.07) is 4.92. The topological polar surface area (TPSA) is 41.5 Å². The lowest BCUT2D eigenvalue weighted by atomic mass is 10.0. The standard InChI is InChI=1S/C11H9F3N2O/c12-11(13,14)8-3-1-2-7(6-8)9-4-5-10(17)16-15-9/h1-3,6H,4-5H2,(H,16,17). The zero-order valence-corrected chi connectivity index (χ0v) is 8.71. The van der Waals surface area contributed by atoms with E-state index in [4.69, 9.17) is 0 Å². The second kappa shape index (κ2) is 4.20. The first-order valence-electron chi connectivity index (χ1n) is 5.00. The normalized spacial score (nSPS) is 16.4. The average molecular weight is 242 g/mol. The van der Waals surface area contributed by atoms with E-state index in [0.717, 1.165) is 12.1 Å². The molecule has 0 bridgehead atoms. The van der Waals surface area contributed by atoms with Gasteiger partial charge in [-0.15, -0.1) is 0 Å². The molecule has 0 fully saturated rings. The van der Waals surface area contributed by atoms with E-state index in [0.29, 0.717) is 17.7 Å². The summed E-state index contributed by atoms with van der Waals surface area (Å²) < 4.78 is 37.5. The first-order valence-corrected chi connectivity index (χ1v) is 5.00. The van der Waals surface area contributed by atoms with Crippen LogP contribution in [0.25, 0.3) is 0 Å². The molecule has 0 radical (unpaired) electrons. The first kappa shape index (κ1) is 11.6. The molecule has 6 heteroatoms. The number of hydrazone groups is 1. The highest BCUT2D eigenvalue weighted by Gasteiger charge is 2.30. The van der Waals surface area contributed by atoms with Crippen LogP contribution in [0.3, 0.4) is 0 Å². The van der Waals surface area contributed by atoms with Crippen molar-refractivity contribution in [1.82, 2.24) is 5.43 Å². The van der Waals surface area contributed by atoms with Crippen molar-refractivity contribution >= 4 is 11.6 Å². The minimum atomic E-state index is -4.37. The fourth-order valence-electron chi connectivity index (χ4n) is 1.56. The largest absolute Gasteiger partial charge is 0.416 e. The average Bonchev–Trinajstić information content (AvgIpc) is 2.29. The lowest BCUT2D eigenvalue weighted by Gasteiger charge is -2.13. The molecule has 0 saturated heterocycles. The Morgan fingerprint density at radius 1 is 1.24 bits per heavy atom. The van der Waals surface area contributed by atoms with E-state index in [1.807, 2.05) is 0 Å². The number of nitrogens with one attached hydrogen (secondary N) is 1. The third kappa shape index (κ3) is 2.64. The molecule has 1 aromatic carbocycles. The zero-order valence-electron chi connectivity index (χ0n) is 8.71. The second-order valence-electron chi connectivity index (χ2n) is 3.67. The van der Waals surface area contributed by atoms with Crippen LogP contribution in [0.2, 0.25) is 0 Å². The van der Waals surface area contributed by atoms with Crippen LogP contribution in [-0.2, 0) is 11.0 Å². The predicted molar refractivity (Wildman–Crippen MR) is 55.4 cm³/mol. The monoisotopic (exact) mass is 242 g/mol. The van der Waals surface area contributed by atoms with Crippen LogP contribution in [0.15, 0.2) is 29.4 Å². The number of nitrogens with zero attached hydrogens (tertiary/aromatic N) is 1. The molecular weight excluding hydrogens is 233 g/mol. The van der Waals surface area contributed by atoms with Crippen molar-refractivity contribution in [3.8, 4) is 0 Å². The minimum absolute atomic E-state index is 0.222. The van der Waals surface area contributed by atoms with Gasteiger partial charge in [0.25, 0.3) is 0 Å². The molecule has 0 aromatic heterocycles. The Balaban J connectivity index is 2.31. The molecule has 2 rings (SSSR count). The van der Waals surface area contributed by atoms with Gasteiger partial charge in [-0.1, -0.05) is 12.1 Å². The second-order valence-corrected chi connectivity index (χ2v) is 3.67. The Kier molecular flexibility index (Phi) is 2.87. The van der Waals surface area contributed by atoms with Crippen molar-refractivity contribution in [3.63, 3.8) is 0 Å². The van der Waals surface area contributed by atoms with Crippen molar-refractivity contribution in [2.45, 2.75) is 19.0 Å². The molecule has 0 atom stereocenters. The Morgan fingerprint density at radius 2 is 2.00 bits per heavy atom.